The van der Waals surface area contributed by atoms with E-state index in [0.29, 0.717) is 21.8 Å². The Morgan fingerprint density at radius 1 is 0.971 bits per heavy atom. The van der Waals surface area contributed by atoms with Crippen LogP contribution in [0.4, 0.5) is 15.8 Å². The molecule has 0 saturated carbocycles. The maximum Gasteiger partial charge on any atom is 0.265 e. The summed E-state index contributed by atoms with van der Waals surface area (Å²) in [6, 6.07) is 18.6. The van der Waals surface area contributed by atoms with Crippen LogP contribution in [0.15, 0.2) is 66.7 Å². The number of thiophene rings is 1. The van der Waals surface area contributed by atoms with Crippen molar-refractivity contribution in [3.05, 3.63) is 94.1 Å². The lowest BCUT2D eigenvalue weighted by atomic mass is 9.77. The summed E-state index contributed by atoms with van der Waals surface area (Å²) >= 11 is 1.30. The number of rotatable bonds is 6. The zero-order valence-corrected chi connectivity index (χ0v) is 21.0. The van der Waals surface area contributed by atoms with Crippen molar-refractivity contribution in [3.8, 4) is 12.3 Å². The quantitative estimate of drug-likeness (QED) is 0.316. The number of fused-ring (bicyclic) bond motifs is 1. The van der Waals surface area contributed by atoms with Gasteiger partial charge in [-0.3, -0.25) is 9.52 Å². The molecule has 0 fully saturated rings. The molecule has 1 aromatic heterocycles. The van der Waals surface area contributed by atoms with E-state index in [-0.39, 0.29) is 11.7 Å². The lowest BCUT2D eigenvalue weighted by molar-refractivity contribution is 0.103. The predicted molar refractivity (Wildman–Crippen MR) is 141 cm³/mol. The number of anilines is 2. The average molecular weight is 507 g/mol. The summed E-state index contributed by atoms with van der Waals surface area (Å²) in [4.78, 5) is 13.5. The maximum absolute atomic E-state index is 13.4. The zero-order valence-electron chi connectivity index (χ0n) is 19.3. The van der Waals surface area contributed by atoms with Crippen LogP contribution in [0.3, 0.4) is 0 Å². The minimum atomic E-state index is -3.40. The van der Waals surface area contributed by atoms with Crippen LogP contribution in [-0.2, 0) is 15.4 Å². The molecule has 0 bridgehead atoms. The monoisotopic (exact) mass is 506 g/mol. The highest BCUT2D eigenvalue weighted by molar-refractivity contribution is 7.92. The number of hydrogen-bond donors (Lipinski definition) is 2. The van der Waals surface area contributed by atoms with Gasteiger partial charge >= 0.3 is 0 Å². The van der Waals surface area contributed by atoms with Crippen molar-refractivity contribution >= 4 is 48.7 Å². The number of amides is 1. The number of carbonyl (C=O) groups is 1. The summed E-state index contributed by atoms with van der Waals surface area (Å²) in [6.45, 7) is 4.02. The SMILES string of the molecule is C#Cc1cc(NC(=O)c2cc3cc(NS(C)(=O)=O)ccc3s2)cc(C(C)(C)c2ccc(F)cc2)c1. The molecule has 0 radical (unpaired) electrons. The van der Waals surface area contributed by atoms with Crippen LogP contribution in [0.25, 0.3) is 10.1 Å². The van der Waals surface area contributed by atoms with E-state index in [1.165, 1.54) is 23.5 Å². The Bertz CT molecular complexity index is 1580. The first kappa shape index (κ1) is 24.5. The molecular formula is C27H23FN2O3S2. The molecule has 178 valence electrons. The lowest BCUT2D eigenvalue weighted by Gasteiger charge is -2.27. The third kappa shape index (κ3) is 5.53. The Kier molecular flexibility index (Phi) is 6.41. The second-order valence-electron chi connectivity index (χ2n) is 8.77. The fourth-order valence-corrected chi connectivity index (χ4v) is 5.30. The summed E-state index contributed by atoms with van der Waals surface area (Å²) in [6.07, 6.45) is 6.76. The van der Waals surface area contributed by atoms with Crippen LogP contribution < -0.4 is 10.0 Å². The van der Waals surface area contributed by atoms with Gasteiger partial charge in [-0.2, -0.15) is 0 Å². The first-order valence-electron chi connectivity index (χ1n) is 10.7. The second kappa shape index (κ2) is 9.17. The van der Waals surface area contributed by atoms with Crippen molar-refractivity contribution in [3.63, 3.8) is 0 Å². The predicted octanol–water partition coefficient (Wildman–Crippen LogP) is 5.97. The molecule has 35 heavy (non-hydrogen) atoms. The van der Waals surface area contributed by atoms with Gasteiger partial charge in [-0.05, 0) is 71.1 Å². The lowest BCUT2D eigenvalue weighted by Crippen LogP contribution is -2.20. The number of benzene rings is 3. The van der Waals surface area contributed by atoms with E-state index in [4.69, 9.17) is 6.42 Å². The van der Waals surface area contributed by atoms with E-state index < -0.39 is 15.4 Å². The molecule has 1 heterocycles. The van der Waals surface area contributed by atoms with Gasteiger partial charge < -0.3 is 5.32 Å². The van der Waals surface area contributed by atoms with Crippen molar-refractivity contribution in [1.29, 1.82) is 0 Å². The highest BCUT2D eigenvalue weighted by Crippen LogP contribution is 2.34. The first-order valence-corrected chi connectivity index (χ1v) is 13.4. The van der Waals surface area contributed by atoms with Crippen molar-refractivity contribution < 1.29 is 17.6 Å². The van der Waals surface area contributed by atoms with Gasteiger partial charge in [0.15, 0.2) is 0 Å². The largest absolute Gasteiger partial charge is 0.321 e. The van der Waals surface area contributed by atoms with E-state index in [1.54, 1.807) is 42.5 Å². The smallest absolute Gasteiger partial charge is 0.265 e. The molecule has 0 aliphatic heterocycles. The first-order chi connectivity index (χ1) is 16.4. The molecule has 3 aromatic carbocycles. The molecule has 8 heteroatoms. The van der Waals surface area contributed by atoms with Crippen LogP contribution in [-0.4, -0.2) is 20.6 Å². The molecule has 0 saturated heterocycles. The normalized spacial score (nSPS) is 11.7. The summed E-state index contributed by atoms with van der Waals surface area (Å²) in [5.41, 5.74) is 2.89. The van der Waals surface area contributed by atoms with Crippen molar-refractivity contribution in [2.45, 2.75) is 19.3 Å². The number of sulfonamides is 1. The van der Waals surface area contributed by atoms with Gasteiger partial charge in [-0.25, -0.2) is 12.8 Å². The van der Waals surface area contributed by atoms with Crippen molar-refractivity contribution in [2.24, 2.45) is 0 Å². The number of terminal acetylenes is 1. The summed E-state index contributed by atoms with van der Waals surface area (Å²) in [5.74, 6) is 2.02. The molecule has 0 unspecified atom stereocenters. The molecule has 4 rings (SSSR count). The third-order valence-electron chi connectivity index (χ3n) is 5.69. The fourth-order valence-electron chi connectivity index (χ4n) is 3.80. The topological polar surface area (TPSA) is 75.3 Å². The second-order valence-corrected chi connectivity index (χ2v) is 11.6. The number of hydrogen-bond acceptors (Lipinski definition) is 4. The van der Waals surface area contributed by atoms with E-state index in [2.05, 4.69) is 16.0 Å². The van der Waals surface area contributed by atoms with Gasteiger partial charge in [0.05, 0.1) is 11.1 Å². The van der Waals surface area contributed by atoms with Crippen LogP contribution in [0.5, 0.6) is 0 Å². The van der Waals surface area contributed by atoms with E-state index >= 15 is 0 Å². The molecule has 1 amide bonds. The Morgan fingerprint density at radius 3 is 2.34 bits per heavy atom. The van der Waals surface area contributed by atoms with Crippen molar-refractivity contribution in [1.82, 2.24) is 0 Å². The molecule has 0 aliphatic carbocycles. The Balaban J connectivity index is 1.63. The summed E-state index contributed by atoms with van der Waals surface area (Å²) < 4.78 is 39.7. The molecule has 0 aliphatic rings. The number of halogens is 1. The van der Waals surface area contributed by atoms with Gasteiger partial charge in [0.1, 0.15) is 5.82 Å². The van der Waals surface area contributed by atoms with Crippen LogP contribution in [0.2, 0.25) is 0 Å². The number of nitrogens with one attached hydrogen (secondary N) is 2. The Morgan fingerprint density at radius 2 is 1.69 bits per heavy atom. The maximum atomic E-state index is 13.4. The van der Waals surface area contributed by atoms with Gasteiger partial charge in [0.2, 0.25) is 10.0 Å². The summed E-state index contributed by atoms with van der Waals surface area (Å²) in [5, 5.41) is 3.68. The molecule has 0 atom stereocenters. The third-order valence-corrected chi connectivity index (χ3v) is 7.41. The number of carbonyl (C=O) groups excluding carboxylic acids is 1. The molecule has 4 aromatic rings. The van der Waals surface area contributed by atoms with Gasteiger partial charge in [0.25, 0.3) is 5.91 Å². The average Bonchev–Trinajstić information content (AvgIpc) is 3.21. The van der Waals surface area contributed by atoms with Crippen LogP contribution in [0.1, 0.15) is 40.2 Å². The molecule has 5 nitrogen and oxygen atoms in total. The highest BCUT2D eigenvalue weighted by atomic mass is 32.2. The highest BCUT2D eigenvalue weighted by Gasteiger charge is 2.24. The van der Waals surface area contributed by atoms with Crippen molar-refractivity contribution in [2.75, 3.05) is 16.3 Å². The van der Waals surface area contributed by atoms with Gasteiger partial charge in [-0.15, -0.1) is 17.8 Å². The minimum absolute atomic E-state index is 0.302. The zero-order chi connectivity index (χ0) is 25.4. The standard InChI is InChI=1S/C27H23FN2O3S2/c1-5-17-12-20(27(2,3)19-6-8-21(28)9-7-19)16-23(13-17)29-26(31)25-15-18-14-22(30-35(4,32)33)10-11-24(18)34-25/h1,6-16,30H,2-4H3,(H,29,31). The molecular weight excluding hydrogens is 483 g/mol. The van der Waals surface area contributed by atoms with Crippen LogP contribution >= 0.6 is 11.3 Å². The van der Waals surface area contributed by atoms with Gasteiger partial charge in [-0.1, -0.05) is 31.9 Å². The van der Waals surface area contributed by atoms with Gasteiger partial charge in [0, 0.05) is 27.1 Å². The van der Waals surface area contributed by atoms with Crippen LogP contribution in [0, 0.1) is 18.2 Å². The van der Waals surface area contributed by atoms with E-state index in [0.717, 1.165) is 27.5 Å². The molecule has 0 spiro atoms. The fraction of sp³-hybridized carbons (Fsp3) is 0.148. The molecule has 2 N–H and O–H groups in total. The summed E-state index contributed by atoms with van der Waals surface area (Å²) in [7, 11) is -3.40. The Hall–Kier alpha value is -3.67. The van der Waals surface area contributed by atoms with E-state index in [1.807, 2.05) is 26.0 Å². The minimum Gasteiger partial charge on any atom is -0.321 e. The Labute approximate surface area is 208 Å². The van der Waals surface area contributed by atoms with E-state index in [9.17, 15) is 17.6 Å².